The zero-order valence-corrected chi connectivity index (χ0v) is 19.2. The summed E-state index contributed by atoms with van der Waals surface area (Å²) in [5, 5.41) is 0. The van der Waals surface area contributed by atoms with Crippen LogP contribution in [0.4, 0.5) is 4.39 Å². The van der Waals surface area contributed by atoms with Crippen molar-refractivity contribution in [3.8, 4) is 0 Å². The predicted octanol–water partition coefficient (Wildman–Crippen LogP) is 6.62. The maximum Gasteiger partial charge on any atom is 0.330 e. The molecule has 4 nitrogen and oxygen atoms in total. The van der Waals surface area contributed by atoms with Gasteiger partial charge in [-0.1, -0.05) is 92.1 Å². The van der Waals surface area contributed by atoms with Gasteiger partial charge in [-0.05, 0) is 39.9 Å². The summed E-state index contributed by atoms with van der Waals surface area (Å²) in [6.45, 7) is 7.06. The molecule has 0 fully saturated rings. The molecule has 3 aromatic rings. The minimum absolute atomic E-state index is 0.146. The van der Waals surface area contributed by atoms with Gasteiger partial charge >= 0.3 is 11.9 Å². The van der Waals surface area contributed by atoms with E-state index in [2.05, 4.69) is 13.2 Å². The van der Waals surface area contributed by atoms with Crippen LogP contribution in [0, 0.1) is 5.82 Å². The normalized spacial score (nSPS) is 10.9. The lowest BCUT2D eigenvalue weighted by molar-refractivity contribution is -0.139. The molecule has 0 spiro atoms. The summed E-state index contributed by atoms with van der Waals surface area (Å²) in [7, 11) is 0. The van der Waals surface area contributed by atoms with E-state index in [4.69, 9.17) is 9.47 Å². The smallest absolute Gasteiger partial charge is 0.330 e. The SMILES string of the molecule is C=CC(=O)OCc1ccc(/C=C/c2ccc(/C=C/c3cccc(COC(=O)C=C)c3)c(F)c2)cc1. The van der Waals surface area contributed by atoms with Gasteiger partial charge in [-0.25, -0.2) is 14.0 Å². The standard InChI is InChI=1S/C30H25FO4/c1-3-29(32)34-20-25-12-9-22(10-13-25)8-11-24-15-17-27(28(31)19-24)16-14-23-6-5-7-26(18-23)21-35-30(33)4-2/h3-19H,1-2,20-21H2/b11-8+,16-14+. The highest BCUT2D eigenvalue weighted by Crippen LogP contribution is 2.17. The highest BCUT2D eigenvalue weighted by molar-refractivity contribution is 5.81. The maximum absolute atomic E-state index is 14.6. The van der Waals surface area contributed by atoms with E-state index in [9.17, 15) is 14.0 Å². The third kappa shape index (κ3) is 8.09. The monoisotopic (exact) mass is 468 g/mol. The molecule has 0 amide bonds. The van der Waals surface area contributed by atoms with Crippen molar-refractivity contribution in [1.82, 2.24) is 0 Å². The summed E-state index contributed by atoms with van der Waals surface area (Å²) in [6.07, 6.45) is 9.47. The number of carbonyl (C=O) groups excluding carboxylic acids is 2. The minimum Gasteiger partial charge on any atom is -0.458 e. The summed E-state index contributed by atoms with van der Waals surface area (Å²) in [4.78, 5) is 22.4. The van der Waals surface area contributed by atoms with E-state index in [-0.39, 0.29) is 19.0 Å². The van der Waals surface area contributed by atoms with Crippen molar-refractivity contribution in [3.05, 3.63) is 131 Å². The van der Waals surface area contributed by atoms with Gasteiger partial charge in [0.1, 0.15) is 19.0 Å². The van der Waals surface area contributed by atoms with E-state index in [0.29, 0.717) is 5.56 Å². The molecule has 5 heteroatoms. The van der Waals surface area contributed by atoms with Crippen LogP contribution in [-0.2, 0) is 32.3 Å². The van der Waals surface area contributed by atoms with Crippen molar-refractivity contribution in [3.63, 3.8) is 0 Å². The van der Waals surface area contributed by atoms with Crippen LogP contribution >= 0.6 is 0 Å². The Hall–Kier alpha value is -4.51. The van der Waals surface area contributed by atoms with Crippen LogP contribution in [-0.4, -0.2) is 11.9 Å². The lowest BCUT2D eigenvalue weighted by Crippen LogP contribution is -2.00. The van der Waals surface area contributed by atoms with Gasteiger partial charge in [-0.3, -0.25) is 0 Å². The Morgan fingerprint density at radius 3 is 1.91 bits per heavy atom. The zero-order chi connectivity index (χ0) is 25.0. The van der Waals surface area contributed by atoms with E-state index in [1.54, 1.807) is 18.2 Å². The summed E-state index contributed by atoms with van der Waals surface area (Å²) in [5.74, 6) is -1.28. The lowest BCUT2D eigenvalue weighted by Gasteiger charge is -2.04. The van der Waals surface area contributed by atoms with Gasteiger partial charge in [-0.15, -0.1) is 0 Å². The van der Waals surface area contributed by atoms with Crippen LogP contribution in [0.5, 0.6) is 0 Å². The molecule has 0 bridgehead atoms. The van der Waals surface area contributed by atoms with Crippen molar-refractivity contribution >= 4 is 36.2 Å². The molecule has 0 saturated carbocycles. The molecule has 3 rings (SSSR count). The molecule has 0 N–H and O–H groups in total. The first kappa shape index (κ1) is 25.1. The topological polar surface area (TPSA) is 52.6 Å². The predicted molar refractivity (Wildman–Crippen MR) is 137 cm³/mol. The van der Waals surface area contributed by atoms with E-state index in [1.807, 2.05) is 66.7 Å². The van der Waals surface area contributed by atoms with E-state index >= 15 is 0 Å². The lowest BCUT2D eigenvalue weighted by atomic mass is 10.1. The summed E-state index contributed by atoms with van der Waals surface area (Å²) in [5.41, 5.74) is 4.69. The highest BCUT2D eigenvalue weighted by Gasteiger charge is 2.02. The number of rotatable bonds is 10. The first-order valence-corrected chi connectivity index (χ1v) is 10.9. The fourth-order valence-electron chi connectivity index (χ4n) is 3.10. The zero-order valence-electron chi connectivity index (χ0n) is 19.2. The maximum atomic E-state index is 14.6. The molecular formula is C30H25FO4. The summed E-state index contributed by atoms with van der Waals surface area (Å²) < 4.78 is 24.7. The summed E-state index contributed by atoms with van der Waals surface area (Å²) >= 11 is 0. The molecule has 0 radical (unpaired) electrons. The van der Waals surface area contributed by atoms with Crippen molar-refractivity contribution in [2.75, 3.05) is 0 Å². The van der Waals surface area contributed by atoms with Crippen LogP contribution in [0.25, 0.3) is 24.3 Å². The Morgan fingerprint density at radius 2 is 1.26 bits per heavy atom. The average Bonchev–Trinajstić information content (AvgIpc) is 2.89. The van der Waals surface area contributed by atoms with Gasteiger partial charge in [0.2, 0.25) is 0 Å². The second kappa shape index (κ2) is 12.7. The number of esters is 2. The van der Waals surface area contributed by atoms with Crippen molar-refractivity contribution in [1.29, 1.82) is 0 Å². The fourth-order valence-corrected chi connectivity index (χ4v) is 3.10. The van der Waals surface area contributed by atoms with Crippen LogP contribution < -0.4 is 0 Å². The first-order chi connectivity index (χ1) is 17.0. The minimum atomic E-state index is -0.481. The van der Waals surface area contributed by atoms with Crippen LogP contribution in [0.1, 0.15) is 33.4 Å². The number of carbonyl (C=O) groups is 2. The Bertz CT molecular complexity index is 1270. The first-order valence-electron chi connectivity index (χ1n) is 10.9. The van der Waals surface area contributed by atoms with Crippen molar-refractivity contribution < 1.29 is 23.5 Å². The van der Waals surface area contributed by atoms with Gasteiger partial charge in [0.25, 0.3) is 0 Å². The number of halogens is 1. The number of hydrogen-bond acceptors (Lipinski definition) is 4. The fraction of sp³-hybridized carbons (Fsp3) is 0.0667. The van der Waals surface area contributed by atoms with Crippen LogP contribution in [0.3, 0.4) is 0 Å². The average molecular weight is 469 g/mol. The molecule has 0 heterocycles. The van der Waals surface area contributed by atoms with Crippen molar-refractivity contribution in [2.24, 2.45) is 0 Å². The van der Waals surface area contributed by atoms with Gasteiger partial charge in [0, 0.05) is 17.7 Å². The number of benzene rings is 3. The Balaban J connectivity index is 1.61. The molecule has 0 aliphatic heterocycles. The molecule has 0 saturated heterocycles. The molecule has 0 atom stereocenters. The molecule has 3 aromatic carbocycles. The number of ether oxygens (including phenoxy) is 2. The Labute approximate surface area is 204 Å². The molecule has 0 aliphatic carbocycles. The highest BCUT2D eigenvalue weighted by atomic mass is 19.1. The quantitative estimate of drug-likeness (QED) is 0.191. The van der Waals surface area contributed by atoms with Crippen molar-refractivity contribution in [2.45, 2.75) is 13.2 Å². The molecule has 0 unspecified atom stereocenters. The number of hydrogen-bond donors (Lipinski definition) is 0. The van der Waals surface area contributed by atoms with Crippen LogP contribution in [0.15, 0.2) is 92.0 Å². The van der Waals surface area contributed by atoms with Gasteiger partial charge in [-0.2, -0.15) is 0 Å². The Morgan fingerprint density at radius 1 is 0.686 bits per heavy atom. The third-order valence-electron chi connectivity index (χ3n) is 4.97. The molecule has 35 heavy (non-hydrogen) atoms. The molecule has 0 aliphatic rings. The Kier molecular flexibility index (Phi) is 9.08. The summed E-state index contributed by atoms with van der Waals surface area (Å²) in [6, 6.07) is 20.0. The second-order valence-electron chi connectivity index (χ2n) is 7.56. The van der Waals surface area contributed by atoms with Gasteiger partial charge in [0.05, 0.1) is 0 Å². The second-order valence-corrected chi connectivity index (χ2v) is 7.56. The molecule has 0 aromatic heterocycles. The van der Waals surface area contributed by atoms with Crippen LogP contribution in [0.2, 0.25) is 0 Å². The third-order valence-corrected chi connectivity index (χ3v) is 4.97. The van der Waals surface area contributed by atoms with Gasteiger partial charge < -0.3 is 9.47 Å². The largest absolute Gasteiger partial charge is 0.458 e. The van der Waals surface area contributed by atoms with E-state index in [1.165, 1.54) is 6.07 Å². The molecule has 176 valence electrons. The van der Waals surface area contributed by atoms with Gasteiger partial charge in [0.15, 0.2) is 0 Å². The van der Waals surface area contributed by atoms with E-state index < -0.39 is 11.9 Å². The van der Waals surface area contributed by atoms with E-state index in [0.717, 1.165) is 40.0 Å². The molecular weight excluding hydrogens is 443 g/mol.